The summed E-state index contributed by atoms with van der Waals surface area (Å²) in [7, 11) is 0. The lowest BCUT2D eigenvalue weighted by Gasteiger charge is -2.33. The lowest BCUT2D eigenvalue weighted by atomic mass is 10.1. The summed E-state index contributed by atoms with van der Waals surface area (Å²) in [6.45, 7) is 0. The molecule has 1 atom stereocenters. The summed E-state index contributed by atoms with van der Waals surface area (Å²) >= 11 is 4.78. The maximum atomic E-state index is 13.3. The van der Waals surface area contributed by atoms with Gasteiger partial charge in [0.25, 0.3) is 5.91 Å². The van der Waals surface area contributed by atoms with E-state index in [-0.39, 0.29) is 11.7 Å². The van der Waals surface area contributed by atoms with Crippen LogP contribution < -0.4 is 15.9 Å². The van der Waals surface area contributed by atoms with Gasteiger partial charge in [-0.1, -0.05) is 39.8 Å². The number of amides is 1. The number of halogens is 2. The van der Waals surface area contributed by atoms with E-state index in [0.717, 1.165) is 10.0 Å². The van der Waals surface area contributed by atoms with Gasteiger partial charge in [0.05, 0.1) is 5.36 Å². The van der Waals surface area contributed by atoms with Gasteiger partial charge in [-0.2, -0.15) is 0 Å². The quantitative estimate of drug-likeness (QED) is 0.771. The second kappa shape index (κ2) is 6.27. The largest absolute Gasteiger partial charge is 0.298 e. The molecule has 126 valence electrons. The fourth-order valence-corrected chi connectivity index (χ4v) is 3.52. The maximum Gasteiger partial charge on any atom is 0.276 e. The Kier molecular flexibility index (Phi) is 4.09. The van der Waals surface area contributed by atoms with Crippen molar-refractivity contribution < 1.29 is 9.18 Å². The fourth-order valence-electron chi connectivity index (χ4n) is 2.80. The first-order valence-electron chi connectivity index (χ1n) is 7.43. The second-order valence-corrected chi connectivity index (χ2v) is 7.18. The van der Waals surface area contributed by atoms with Crippen LogP contribution in [-0.4, -0.2) is 22.3 Å². The Morgan fingerprint density at radius 2 is 2.00 bits per heavy atom. The van der Waals surface area contributed by atoms with E-state index in [1.807, 2.05) is 24.5 Å². The van der Waals surface area contributed by atoms with E-state index in [1.165, 1.54) is 23.9 Å². The highest BCUT2D eigenvalue weighted by atomic mass is 79.9. The van der Waals surface area contributed by atoms with Crippen molar-refractivity contribution in [1.29, 1.82) is 0 Å². The Morgan fingerprint density at radius 3 is 2.72 bits per heavy atom. The van der Waals surface area contributed by atoms with Crippen LogP contribution in [0.2, 0.25) is 0 Å². The van der Waals surface area contributed by atoms with E-state index in [4.69, 9.17) is 4.99 Å². The summed E-state index contributed by atoms with van der Waals surface area (Å²) in [5.41, 5.74) is 1.18. The van der Waals surface area contributed by atoms with E-state index < -0.39 is 6.17 Å². The molecule has 1 amide bonds. The lowest BCUT2D eigenvalue weighted by molar-refractivity contribution is -0.116. The molecule has 4 rings (SSSR count). The third-order valence-corrected chi connectivity index (χ3v) is 5.00. The molecule has 25 heavy (non-hydrogen) atoms. The average molecular weight is 419 g/mol. The molecule has 0 bridgehead atoms. The normalized spacial score (nSPS) is 18.8. The molecule has 0 fully saturated rings. The van der Waals surface area contributed by atoms with E-state index in [9.17, 15) is 9.18 Å². The Bertz CT molecular complexity index is 1020. The molecule has 0 aliphatic carbocycles. The number of nitrogens with zero attached hydrogens (tertiary/aromatic N) is 3. The van der Waals surface area contributed by atoms with Gasteiger partial charge in [-0.05, 0) is 42.2 Å². The SMILES string of the molecule is CSC1=NN2C(=c3cc(Br)ccc3=N[C@H]2c2ccc(F)cc2)C(=O)N1. The summed E-state index contributed by atoms with van der Waals surface area (Å²) in [6.07, 6.45) is 1.31. The van der Waals surface area contributed by atoms with Gasteiger partial charge in [-0.25, -0.2) is 9.40 Å². The number of amidine groups is 1. The van der Waals surface area contributed by atoms with Crippen LogP contribution in [0.25, 0.3) is 5.70 Å². The molecular formula is C17H12BrFN4OS. The molecule has 0 unspecified atom stereocenters. The van der Waals surface area contributed by atoms with Crippen LogP contribution in [0.4, 0.5) is 4.39 Å². The van der Waals surface area contributed by atoms with Gasteiger partial charge in [0.1, 0.15) is 11.5 Å². The smallest absolute Gasteiger partial charge is 0.276 e. The molecule has 5 nitrogen and oxygen atoms in total. The Balaban J connectivity index is 1.99. The first kappa shape index (κ1) is 16.3. The number of carbonyl (C=O) groups is 1. The highest BCUT2D eigenvalue weighted by Gasteiger charge is 2.34. The van der Waals surface area contributed by atoms with Gasteiger partial charge in [-0.3, -0.25) is 15.1 Å². The van der Waals surface area contributed by atoms with Crippen molar-refractivity contribution >= 4 is 44.5 Å². The third-order valence-electron chi connectivity index (χ3n) is 3.93. The van der Waals surface area contributed by atoms with Crippen molar-refractivity contribution in [3.05, 3.63) is 68.9 Å². The molecule has 2 heterocycles. The van der Waals surface area contributed by atoms with Gasteiger partial charge < -0.3 is 0 Å². The molecule has 2 aromatic rings. The van der Waals surface area contributed by atoms with Gasteiger partial charge >= 0.3 is 0 Å². The summed E-state index contributed by atoms with van der Waals surface area (Å²) in [5.74, 6) is -0.557. The molecule has 2 aliphatic heterocycles. The minimum atomic E-state index is -0.530. The molecule has 0 aromatic heterocycles. The van der Waals surface area contributed by atoms with E-state index in [1.54, 1.807) is 17.1 Å². The maximum absolute atomic E-state index is 13.3. The molecule has 0 radical (unpaired) electrons. The molecule has 8 heteroatoms. The first-order chi connectivity index (χ1) is 12.1. The summed E-state index contributed by atoms with van der Waals surface area (Å²) < 4.78 is 14.1. The van der Waals surface area contributed by atoms with Crippen LogP contribution in [0.15, 0.2) is 57.0 Å². The summed E-state index contributed by atoms with van der Waals surface area (Å²) in [4.78, 5) is 17.4. The zero-order valence-corrected chi connectivity index (χ0v) is 15.4. The number of hydrogen-bond acceptors (Lipinski definition) is 5. The molecular weight excluding hydrogens is 407 g/mol. The van der Waals surface area contributed by atoms with Gasteiger partial charge in [0.15, 0.2) is 11.3 Å². The molecule has 1 N–H and O–H groups in total. The van der Waals surface area contributed by atoms with Crippen LogP contribution in [-0.2, 0) is 4.79 Å². The first-order valence-corrected chi connectivity index (χ1v) is 9.45. The average Bonchev–Trinajstić information content (AvgIpc) is 2.61. The van der Waals surface area contributed by atoms with Crippen molar-refractivity contribution in [1.82, 2.24) is 10.3 Å². The van der Waals surface area contributed by atoms with E-state index in [2.05, 4.69) is 26.3 Å². The second-order valence-electron chi connectivity index (χ2n) is 5.47. The Morgan fingerprint density at radius 1 is 1.24 bits per heavy atom. The van der Waals surface area contributed by atoms with Crippen molar-refractivity contribution in [3.63, 3.8) is 0 Å². The van der Waals surface area contributed by atoms with Gasteiger partial charge in [0.2, 0.25) is 0 Å². The van der Waals surface area contributed by atoms with Gasteiger partial charge in [-0.15, -0.1) is 5.10 Å². The van der Waals surface area contributed by atoms with Crippen LogP contribution in [0.3, 0.4) is 0 Å². The fraction of sp³-hybridized carbons (Fsp3) is 0.118. The zero-order valence-electron chi connectivity index (χ0n) is 13.0. The standard InChI is InChI=1S/C17H12BrFN4OS/c1-25-17-21-16(24)14-12-8-10(18)4-7-13(12)20-15(23(14)22-17)9-2-5-11(19)6-3-9/h2-8,15H,1H3,(H,21,22,24)/t15-/m1/s1. The Labute approximate surface area is 155 Å². The number of nitrogens with one attached hydrogen (secondary N) is 1. The monoisotopic (exact) mass is 418 g/mol. The molecule has 0 spiro atoms. The van der Waals surface area contributed by atoms with Gasteiger partial charge in [0, 0.05) is 9.69 Å². The van der Waals surface area contributed by atoms with Crippen molar-refractivity contribution in [2.24, 2.45) is 10.1 Å². The molecule has 2 aliphatic rings. The van der Waals surface area contributed by atoms with Crippen LogP contribution in [0, 0.1) is 5.82 Å². The number of fused-ring (bicyclic) bond motifs is 2. The highest BCUT2D eigenvalue weighted by molar-refractivity contribution is 9.10. The predicted molar refractivity (Wildman–Crippen MR) is 98.4 cm³/mol. The van der Waals surface area contributed by atoms with Crippen molar-refractivity contribution in [2.45, 2.75) is 6.17 Å². The number of rotatable bonds is 1. The van der Waals surface area contributed by atoms with Crippen LogP contribution in [0.1, 0.15) is 11.7 Å². The summed E-state index contributed by atoms with van der Waals surface area (Å²) in [5, 5.41) is 10.8. The summed E-state index contributed by atoms with van der Waals surface area (Å²) in [6, 6.07) is 11.6. The lowest BCUT2D eigenvalue weighted by Crippen LogP contribution is -2.50. The minimum Gasteiger partial charge on any atom is -0.298 e. The number of carbonyl (C=O) groups excluding carboxylic acids is 1. The number of thioether (sulfide) groups is 1. The molecule has 0 saturated carbocycles. The molecule has 2 aromatic carbocycles. The van der Waals surface area contributed by atoms with E-state index in [0.29, 0.717) is 21.4 Å². The highest BCUT2D eigenvalue weighted by Crippen LogP contribution is 2.30. The third kappa shape index (κ3) is 2.85. The topological polar surface area (TPSA) is 57.1 Å². The number of benzene rings is 2. The zero-order chi connectivity index (χ0) is 17.6. The molecule has 0 saturated heterocycles. The van der Waals surface area contributed by atoms with E-state index >= 15 is 0 Å². The number of hydrazone groups is 1. The minimum absolute atomic E-state index is 0.235. The van der Waals surface area contributed by atoms with Crippen LogP contribution in [0.5, 0.6) is 0 Å². The van der Waals surface area contributed by atoms with Crippen LogP contribution >= 0.6 is 27.7 Å². The van der Waals surface area contributed by atoms with Crippen molar-refractivity contribution in [2.75, 3.05) is 6.26 Å². The Hall–Kier alpha value is -2.19. The number of hydrogen-bond donors (Lipinski definition) is 1. The predicted octanol–water partition coefficient (Wildman–Crippen LogP) is 2.09. The van der Waals surface area contributed by atoms with Crippen molar-refractivity contribution in [3.8, 4) is 0 Å².